The SMILES string of the molecule is C=CC(=O)N1CCC(C(=O)N2CCCC(c3ccc(F)c(F)c3)C2)CC1. The molecule has 1 aromatic carbocycles. The van der Waals surface area contributed by atoms with Crippen LogP contribution in [0.3, 0.4) is 0 Å². The Kier molecular flexibility index (Phi) is 5.69. The Morgan fingerprint density at radius 3 is 2.42 bits per heavy atom. The third kappa shape index (κ3) is 3.94. The van der Waals surface area contributed by atoms with Crippen LogP contribution in [0.15, 0.2) is 30.9 Å². The highest BCUT2D eigenvalue weighted by Gasteiger charge is 2.32. The van der Waals surface area contributed by atoms with E-state index in [1.54, 1.807) is 11.0 Å². The molecular formula is C20H24F2N2O2. The van der Waals surface area contributed by atoms with E-state index in [2.05, 4.69) is 6.58 Å². The van der Waals surface area contributed by atoms with Gasteiger partial charge in [-0.05, 0) is 49.5 Å². The normalized spacial score (nSPS) is 21.5. The molecule has 2 saturated heterocycles. The molecule has 0 saturated carbocycles. The number of amides is 2. The summed E-state index contributed by atoms with van der Waals surface area (Å²) in [5.41, 5.74) is 0.743. The summed E-state index contributed by atoms with van der Waals surface area (Å²) < 4.78 is 26.7. The van der Waals surface area contributed by atoms with Crippen molar-refractivity contribution in [3.05, 3.63) is 48.1 Å². The van der Waals surface area contributed by atoms with Gasteiger partial charge in [-0.15, -0.1) is 0 Å². The van der Waals surface area contributed by atoms with Crippen LogP contribution in [-0.2, 0) is 9.59 Å². The number of carbonyl (C=O) groups is 2. The molecule has 2 heterocycles. The highest BCUT2D eigenvalue weighted by molar-refractivity contribution is 5.87. The molecule has 2 aliphatic rings. The van der Waals surface area contributed by atoms with Crippen LogP contribution < -0.4 is 0 Å². The minimum Gasteiger partial charge on any atom is -0.342 e. The van der Waals surface area contributed by atoms with E-state index in [4.69, 9.17) is 0 Å². The summed E-state index contributed by atoms with van der Waals surface area (Å²) in [6.45, 7) is 5.87. The Balaban J connectivity index is 1.60. The fraction of sp³-hybridized carbons (Fsp3) is 0.500. The molecule has 26 heavy (non-hydrogen) atoms. The lowest BCUT2D eigenvalue weighted by molar-refractivity contribution is -0.140. The molecule has 2 aliphatic heterocycles. The number of hydrogen-bond acceptors (Lipinski definition) is 2. The van der Waals surface area contributed by atoms with Crippen molar-refractivity contribution >= 4 is 11.8 Å². The molecule has 4 nitrogen and oxygen atoms in total. The van der Waals surface area contributed by atoms with Gasteiger partial charge in [0.2, 0.25) is 11.8 Å². The van der Waals surface area contributed by atoms with Crippen molar-refractivity contribution in [1.29, 1.82) is 0 Å². The maximum absolute atomic E-state index is 13.5. The van der Waals surface area contributed by atoms with Gasteiger partial charge >= 0.3 is 0 Å². The molecule has 2 fully saturated rings. The Labute approximate surface area is 152 Å². The average Bonchev–Trinajstić information content (AvgIpc) is 2.69. The smallest absolute Gasteiger partial charge is 0.245 e. The van der Waals surface area contributed by atoms with Gasteiger partial charge in [0.05, 0.1) is 0 Å². The van der Waals surface area contributed by atoms with Crippen molar-refractivity contribution in [3.63, 3.8) is 0 Å². The highest BCUT2D eigenvalue weighted by Crippen LogP contribution is 2.30. The molecule has 0 aliphatic carbocycles. The first kappa shape index (κ1) is 18.5. The third-order valence-corrected chi connectivity index (χ3v) is 5.48. The molecule has 1 unspecified atom stereocenters. The van der Waals surface area contributed by atoms with Crippen LogP contribution in [0.2, 0.25) is 0 Å². The van der Waals surface area contributed by atoms with Gasteiger partial charge in [0.15, 0.2) is 11.6 Å². The van der Waals surface area contributed by atoms with E-state index >= 15 is 0 Å². The predicted octanol–water partition coefficient (Wildman–Crippen LogP) is 3.10. The van der Waals surface area contributed by atoms with E-state index in [1.807, 2.05) is 4.90 Å². The molecule has 0 spiro atoms. The van der Waals surface area contributed by atoms with Crippen LogP contribution in [0.4, 0.5) is 8.78 Å². The zero-order chi connectivity index (χ0) is 18.7. The second-order valence-electron chi connectivity index (χ2n) is 7.10. The van der Waals surface area contributed by atoms with Crippen LogP contribution in [-0.4, -0.2) is 47.8 Å². The molecule has 0 bridgehead atoms. The first-order valence-corrected chi connectivity index (χ1v) is 9.14. The van der Waals surface area contributed by atoms with Crippen LogP contribution in [0.25, 0.3) is 0 Å². The lowest BCUT2D eigenvalue weighted by Crippen LogP contribution is -2.46. The summed E-state index contributed by atoms with van der Waals surface area (Å²) in [4.78, 5) is 28.1. The minimum atomic E-state index is -0.849. The Morgan fingerprint density at radius 2 is 1.77 bits per heavy atom. The standard InChI is InChI=1S/C20H24F2N2O2/c1-2-19(25)23-10-7-14(8-11-23)20(26)24-9-3-4-16(13-24)15-5-6-17(21)18(22)12-15/h2,5-6,12,14,16H,1,3-4,7-11,13H2. The van der Waals surface area contributed by atoms with E-state index in [-0.39, 0.29) is 23.7 Å². The number of rotatable bonds is 3. The maximum Gasteiger partial charge on any atom is 0.245 e. The Bertz CT molecular complexity index is 699. The lowest BCUT2D eigenvalue weighted by Gasteiger charge is -2.37. The van der Waals surface area contributed by atoms with Crippen molar-refractivity contribution in [2.24, 2.45) is 5.92 Å². The molecular weight excluding hydrogens is 338 g/mol. The molecule has 0 aromatic heterocycles. The van der Waals surface area contributed by atoms with Crippen molar-refractivity contribution < 1.29 is 18.4 Å². The van der Waals surface area contributed by atoms with Gasteiger partial charge in [-0.25, -0.2) is 8.78 Å². The van der Waals surface area contributed by atoms with Gasteiger partial charge < -0.3 is 9.80 Å². The quantitative estimate of drug-likeness (QED) is 0.776. The molecule has 1 aromatic rings. The number of carbonyl (C=O) groups excluding carboxylic acids is 2. The van der Waals surface area contributed by atoms with Crippen molar-refractivity contribution in [1.82, 2.24) is 9.80 Å². The van der Waals surface area contributed by atoms with E-state index in [9.17, 15) is 18.4 Å². The molecule has 0 radical (unpaired) electrons. The second-order valence-corrected chi connectivity index (χ2v) is 7.10. The summed E-state index contributed by atoms with van der Waals surface area (Å²) in [5.74, 6) is -1.71. The number of hydrogen-bond donors (Lipinski definition) is 0. The summed E-state index contributed by atoms with van der Waals surface area (Å²) in [6.07, 6.45) is 4.33. The predicted molar refractivity (Wildman–Crippen MR) is 94.4 cm³/mol. The summed E-state index contributed by atoms with van der Waals surface area (Å²) in [5, 5.41) is 0. The zero-order valence-electron chi connectivity index (χ0n) is 14.8. The molecule has 0 N–H and O–H groups in total. The number of benzene rings is 1. The molecule has 6 heteroatoms. The number of halogens is 2. The largest absolute Gasteiger partial charge is 0.342 e. The van der Waals surface area contributed by atoms with Gasteiger partial charge in [0.1, 0.15) is 0 Å². The Hall–Kier alpha value is -2.24. The lowest BCUT2D eigenvalue weighted by atomic mass is 9.88. The fourth-order valence-corrected chi connectivity index (χ4v) is 3.95. The van der Waals surface area contributed by atoms with Gasteiger partial charge in [-0.3, -0.25) is 9.59 Å². The fourth-order valence-electron chi connectivity index (χ4n) is 3.95. The average molecular weight is 362 g/mol. The van der Waals surface area contributed by atoms with Gasteiger partial charge in [-0.1, -0.05) is 12.6 Å². The second kappa shape index (κ2) is 7.98. The van der Waals surface area contributed by atoms with Crippen molar-refractivity contribution in [2.45, 2.75) is 31.6 Å². The molecule has 2 amide bonds. The van der Waals surface area contributed by atoms with E-state index in [0.717, 1.165) is 24.5 Å². The third-order valence-electron chi connectivity index (χ3n) is 5.48. The topological polar surface area (TPSA) is 40.6 Å². The van der Waals surface area contributed by atoms with E-state index < -0.39 is 11.6 Å². The first-order valence-electron chi connectivity index (χ1n) is 9.14. The van der Waals surface area contributed by atoms with Crippen molar-refractivity contribution in [2.75, 3.05) is 26.2 Å². The van der Waals surface area contributed by atoms with Gasteiger partial charge in [0, 0.05) is 38.0 Å². The molecule has 3 rings (SSSR count). The summed E-state index contributed by atoms with van der Waals surface area (Å²) in [6, 6.07) is 4.00. The van der Waals surface area contributed by atoms with Crippen LogP contribution in [0, 0.1) is 17.6 Å². The number of nitrogens with zero attached hydrogens (tertiary/aromatic N) is 2. The minimum absolute atomic E-state index is 0.0326. The zero-order valence-corrected chi connectivity index (χ0v) is 14.8. The molecule has 1 atom stereocenters. The maximum atomic E-state index is 13.5. The van der Waals surface area contributed by atoms with E-state index in [1.165, 1.54) is 12.1 Å². The van der Waals surface area contributed by atoms with Crippen LogP contribution in [0.5, 0.6) is 0 Å². The number of likely N-dealkylation sites (tertiary alicyclic amines) is 2. The van der Waals surface area contributed by atoms with Gasteiger partial charge in [-0.2, -0.15) is 0 Å². The Morgan fingerprint density at radius 1 is 1.04 bits per heavy atom. The molecule has 140 valence electrons. The monoisotopic (exact) mass is 362 g/mol. The summed E-state index contributed by atoms with van der Waals surface area (Å²) in [7, 11) is 0. The summed E-state index contributed by atoms with van der Waals surface area (Å²) >= 11 is 0. The van der Waals surface area contributed by atoms with Crippen LogP contribution in [0.1, 0.15) is 37.2 Å². The highest BCUT2D eigenvalue weighted by atomic mass is 19.2. The van der Waals surface area contributed by atoms with E-state index in [0.29, 0.717) is 39.0 Å². The van der Waals surface area contributed by atoms with Crippen molar-refractivity contribution in [3.8, 4) is 0 Å². The first-order chi connectivity index (χ1) is 12.5. The van der Waals surface area contributed by atoms with Crippen LogP contribution >= 0.6 is 0 Å². The van der Waals surface area contributed by atoms with Gasteiger partial charge in [0.25, 0.3) is 0 Å². The number of piperidine rings is 2.